The van der Waals surface area contributed by atoms with E-state index >= 15 is 0 Å². The van der Waals surface area contributed by atoms with Gasteiger partial charge in [0.1, 0.15) is 17.1 Å². The Hall–Kier alpha value is -2.65. The lowest BCUT2D eigenvalue weighted by atomic mass is 10.0. The molecule has 0 saturated heterocycles. The average molecular weight is 445 g/mol. The lowest BCUT2D eigenvalue weighted by Crippen LogP contribution is -2.36. The van der Waals surface area contributed by atoms with E-state index in [0.717, 1.165) is 10.9 Å². The highest BCUT2D eigenvalue weighted by Crippen LogP contribution is 2.44. The number of aromatic nitrogens is 2. The number of amides is 1. The number of carbonyl (C=O) groups excluding carboxylic acids is 1. The number of alkyl halides is 3. The Labute approximate surface area is 172 Å². The predicted octanol–water partition coefficient (Wildman–Crippen LogP) is 5.70. The molecule has 1 aliphatic rings. The molecule has 3 heterocycles. The third-order valence-electron chi connectivity index (χ3n) is 4.55. The molecule has 0 unspecified atom stereocenters. The van der Waals surface area contributed by atoms with Gasteiger partial charge in [0.25, 0.3) is 5.91 Å². The molecule has 0 spiro atoms. The van der Waals surface area contributed by atoms with E-state index in [4.69, 9.17) is 27.6 Å². The third-order valence-corrected chi connectivity index (χ3v) is 5.10. The van der Waals surface area contributed by atoms with Crippen LogP contribution in [-0.4, -0.2) is 21.9 Å². The van der Waals surface area contributed by atoms with Crippen LogP contribution in [0.5, 0.6) is 0 Å². The quantitative estimate of drug-likeness (QED) is 0.543. The van der Waals surface area contributed by atoms with Crippen LogP contribution in [0.15, 0.2) is 47.2 Å². The van der Waals surface area contributed by atoms with E-state index in [-0.39, 0.29) is 28.5 Å². The molecular formula is C18H13Cl2F3N4O2. The van der Waals surface area contributed by atoms with Crippen molar-refractivity contribution >= 4 is 40.6 Å². The van der Waals surface area contributed by atoms with Crippen LogP contribution in [0.2, 0.25) is 10.0 Å². The number of nitrogens with one attached hydrogen (secondary N) is 2. The van der Waals surface area contributed by atoms with Crippen LogP contribution in [0.1, 0.15) is 34.6 Å². The van der Waals surface area contributed by atoms with Gasteiger partial charge in [-0.25, -0.2) is 4.68 Å². The second-order valence-corrected chi connectivity index (χ2v) is 7.28. The van der Waals surface area contributed by atoms with Crippen LogP contribution >= 0.6 is 23.2 Å². The van der Waals surface area contributed by atoms with Gasteiger partial charge in [0, 0.05) is 11.4 Å². The van der Waals surface area contributed by atoms with E-state index in [1.165, 1.54) is 24.5 Å². The molecule has 2 N–H and O–H groups in total. The van der Waals surface area contributed by atoms with Gasteiger partial charge in [-0.3, -0.25) is 4.79 Å². The number of rotatable bonds is 3. The molecule has 0 aliphatic carbocycles. The summed E-state index contributed by atoms with van der Waals surface area (Å²) in [7, 11) is 0. The number of halogens is 5. The van der Waals surface area contributed by atoms with Crippen molar-refractivity contribution in [2.24, 2.45) is 0 Å². The molecule has 0 bridgehead atoms. The molecule has 3 aromatic rings. The SMILES string of the molecule is O=C(Nc1ccc(Cl)cc1Cl)c1cnn2c1N[C@@H](c1ccco1)C[C@H]2C(F)(F)F. The molecule has 1 aliphatic heterocycles. The molecule has 1 amide bonds. The van der Waals surface area contributed by atoms with Crippen LogP contribution in [0.3, 0.4) is 0 Å². The van der Waals surface area contributed by atoms with Crippen molar-refractivity contribution in [1.29, 1.82) is 0 Å². The van der Waals surface area contributed by atoms with Gasteiger partial charge in [0.15, 0.2) is 6.04 Å². The van der Waals surface area contributed by atoms with Crippen molar-refractivity contribution in [3.05, 3.63) is 64.2 Å². The minimum absolute atomic E-state index is 0.0532. The first-order valence-electron chi connectivity index (χ1n) is 8.44. The second kappa shape index (κ2) is 7.31. The van der Waals surface area contributed by atoms with E-state index in [1.807, 2.05) is 0 Å². The van der Waals surface area contributed by atoms with E-state index in [0.29, 0.717) is 10.8 Å². The summed E-state index contributed by atoms with van der Waals surface area (Å²) in [5, 5.41) is 9.88. The molecule has 0 radical (unpaired) electrons. The standard InChI is InChI=1S/C18H13Cl2F3N4O2/c19-9-3-4-12(11(20)6-9)26-17(28)10-8-24-27-15(18(21,22)23)7-13(25-16(10)27)14-2-1-5-29-14/h1-6,8,13,15,25H,7H2,(H,26,28)/t13-,15+/m1/s1. The summed E-state index contributed by atoms with van der Waals surface area (Å²) in [6, 6.07) is 4.95. The van der Waals surface area contributed by atoms with Crippen LogP contribution in [0.25, 0.3) is 0 Å². The molecular weight excluding hydrogens is 432 g/mol. The molecule has 2 atom stereocenters. The highest BCUT2D eigenvalue weighted by molar-refractivity contribution is 6.36. The fraction of sp³-hybridized carbons (Fsp3) is 0.222. The van der Waals surface area contributed by atoms with Crippen molar-refractivity contribution in [3.8, 4) is 0 Å². The zero-order valence-corrected chi connectivity index (χ0v) is 16.0. The molecule has 11 heteroatoms. The van der Waals surface area contributed by atoms with Gasteiger partial charge < -0.3 is 15.1 Å². The average Bonchev–Trinajstić information content (AvgIpc) is 3.31. The van der Waals surface area contributed by atoms with Crippen molar-refractivity contribution < 1.29 is 22.4 Å². The summed E-state index contributed by atoms with van der Waals surface area (Å²) in [5.41, 5.74) is 0.216. The summed E-state index contributed by atoms with van der Waals surface area (Å²) in [6.45, 7) is 0. The number of fused-ring (bicyclic) bond motifs is 1. The Morgan fingerprint density at radius 1 is 1.31 bits per heavy atom. The predicted molar refractivity (Wildman–Crippen MR) is 101 cm³/mol. The van der Waals surface area contributed by atoms with Crippen molar-refractivity contribution in [2.75, 3.05) is 10.6 Å². The number of anilines is 2. The summed E-state index contributed by atoms with van der Waals surface area (Å²) >= 11 is 11.9. The number of nitrogens with zero attached hydrogens (tertiary/aromatic N) is 2. The zero-order valence-electron chi connectivity index (χ0n) is 14.5. The maximum absolute atomic E-state index is 13.6. The minimum atomic E-state index is -4.55. The molecule has 4 rings (SSSR count). The molecule has 0 fully saturated rings. The first kappa shape index (κ1) is 19.7. The van der Waals surface area contributed by atoms with Crippen molar-refractivity contribution in [2.45, 2.75) is 24.7 Å². The van der Waals surface area contributed by atoms with Crippen molar-refractivity contribution in [3.63, 3.8) is 0 Å². The molecule has 6 nitrogen and oxygen atoms in total. The van der Waals surface area contributed by atoms with Crippen LogP contribution in [0, 0.1) is 0 Å². The monoisotopic (exact) mass is 444 g/mol. The smallest absolute Gasteiger partial charge is 0.410 e. The Balaban J connectivity index is 1.69. The van der Waals surface area contributed by atoms with Gasteiger partial charge in [0.05, 0.1) is 29.2 Å². The Morgan fingerprint density at radius 3 is 2.76 bits per heavy atom. The number of hydrogen-bond acceptors (Lipinski definition) is 4. The Bertz CT molecular complexity index is 1050. The normalized spacial score (nSPS) is 18.8. The van der Waals surface area contributed by atoms with Crippen LogP contribution in [-0.2, 0) is 0 Å². The Morgan fingerprint density at radius 2 is 2.10 bits per heavy atom. The lowest BCUT2D eigenvalue weighted by Gasteiger charge is -2.32. The highest BCUT2D eigenvalue weighted by Gasteiger charge is 2.47. The molecule has 1 aromatic carbocycles. The number of furan rings is 1. The summed E-state index contributed by atoms with van der Waals surface area (Å²) < 4.78 is 46.9. The molecule has 152 valence electrons. The largest absolute Gasteiger partial charge is 0.467 e. The van der Waals surface area contributed by atoms with E-state index < -0.39 is 24.2 Å². The summed E-state index contributed by atoms with van der Waals surface area (Å²) in [5.74, 6) is -0.384. The van der Waals surface area contributed by atoms with Gasteiger partial charge in [-0.2, -0.15) is 18.3 Å². The second-order valence-electron chi connectivity index (χ2n) is 6.44. The fourth-order valence-corrected chi connectivity index (χ4v) is 3.64. The molecule has 29 heavy (non-hydrogen) atoms. The molecule has 2 aromatic heterocycles. The van der Waals surface area contributed by atoms with Crippen LogP contribution < -0.4 is 10.6 Å². The van der Waals surface area contributed by atoms with E-state index in [2.05, 4.69) is 15.7 Å². The molecule has 0 saturated carbocycles. The van der Waals surface area contributed by atoms with Crippen LogP contribution in [0.4, 0.5) is 24.7 Å². The van der Waals surface area contributed by atoms with Crippen molar-refractivity contribution in [1.82, 2.24) is 9.78 Å². The van der Waals surface area contributed by atoms with Gasteiger partial charge in [-0.15, -0.1) is 0 Å². The Kier molecular flexibility index (Phi) is 4.95. The minimum Gasteiger partial charge on any atom is -0.467 e. The summed E-state index contributed by atoms with van der Waals surface area (Å²) in [4.78, 5) is 12.7. The highest BCUT2D eigenvalue weighted by atomic mass is 35.5. The van der Waals surface area contributed by atoms with E-state index in [1.54, 1.807) is 12.1 Å². The fourth-order valence-electron chi connectivity index (χ4n) is 3.19. The van der Waals surface area contributed by atoms with Gasteiger partial charge in [0.2, 0.25) is 0 Å². The van der Waals surface area contributed by atoms with Gasteiger partial charge >= 0.3 is 6.18 Å². The summed E-state index contributed by atoms with van der Waals surface area (Å²) in [6.07, 6.45) is -2.41. The topological polar surface area (TPSA) is 72.1 Å². The first-order valence-corrected chi connectivity index (χ1v) is 9.20. The van der Waals surface area contributed by atoms with Gasteiger partial charge in [-0.1, -0.05) is 23.2 Å². The zero-order chi connectivity index (χ0) is 20.8. The number of carbonyl (C=O) groups is 1. The number of benzene rings is 1. The van der Waals surface area contributed by atoms with E-state index in [9.17, 15) is 18.0 Å². The third kappa shape index (κ3) is 3.79. The maximum atomic E-state index is 13.6. The first-order chi connectivity index (χ1) is 13.7. The van der Waals surface area contributed by atoms with Gasteiger partial charge in [-0.05, 0) is 30.3 Å². The lowest BCUT2D eigenvalue weighted by molar-refractivity contribution is -0.174. The maximum Gasteiger partial charge on any atom is 0.410 e. The number of hydrogen-bond donors (Lipinski definition) is 2.